The maximum Gasteiger partial charge on any atom is 0.317 e. The van der Waals surface area contributed by atoms with Crippen molar-refractivity contribution in [1.29, 1.82) is 0 Å². The van der Waals surface area contributed by atoms with Crippen molar-refractivity contribution in [2.45, 2.75) is 38.1 Å². The standard InChI is InChI=1S/C25H35N3O2/c1-27(2)19-23(18-22-6-4-3-5-7-22)26-25(30)28-16-14-21(15-17-28)9-8-20-10-12-24(29)13-11-20/h3-7,10-13,21,23,29H,8-9,14-19H2,1-2H3,(H,26,30). The van der Waals surface area contributed by atoms with Crippen molar-refractivity contribution < 1.29 is 9.90 Å². The highest BCUT2D eigenvalue weighted by atomic mass is 16.3. The van der Waals surface area contributed by atoms with Crippen LogP contribution in [-0.4, -0.2) is 60.7 Å². The first kappa shape index (κ1) is 22.2. The van der Waals surface area contributed by atoms with Crippen LogP contribution in [0.4, 0.5) is 4.79 Å². The molecule has 1 saturated heterocycles. The Balaban J connectivity index is 1.45. The van der Waals surface area contributed by atoms with Gasteiger partial charge in [-0.25, -0.2) is 4.79 Å². The van der Waals surface area contributed by atoms with E-state index in [0.29, 0.717) is 11.7 Å². The molecule has 1 aliphatic rings. The first-order valence-electron chi connectivity index (χ1n) is 11.0. The third-order valence-corrected chi connectivity index (χ3v) is 5.92. The molecule has 2 aromatic rings. The number of benzene rings is 2. The molecule has 3 rings (SSSR count). The first-order chi connectivity index (χ1) is 14.5. The molecular weight excluding hydrogens is 374 g/mol. The Morgan fingerprint density at radius 3 is 2.37 bits per heavy atom. The number of piperidine rings is 1. The molecule has 2 amide bonds. The van der Waals surface area contributed by atoms with E-state index in [4.69, 9.17) is 0 Å². The quantitative estimate of drug-likeness (QED) is 0.695. The molecule has 0 saturated carbocycles. The number of urea groups is 1. The number of rotatable bonds is 8. The second-order valence-electron chi connectivity index (χ2n) is 8.73. The minimum atomic E-state index is 0.0646. The van der Waals surface area contributed by atoms with E-state index in [1.807, 2.05) is 49.3 Å². The summed E-state index contributed by atoms with van der Waals surface area (Å²) in [5, 5.41) is 12.7. The largest absolute Gasteiger partial charge is 0.508 e. The fourth-order valence-electron chi connectivity index (χ4n) is 4.22. The number of amides is 2. The van der Waals surface area contributed by atoms with E-state index in [1.165, 1.54) is 11.1 Å². The number of phenols is 1. The van der Waals surface area contributed by atoms with Gasteiger partial charge in [0.05, 0.1) is 0 Å². The summed E-state index contributed by atoms with van der Waals surface area (Å²) in [5.74, 6) is 0.975. The Bertz CT molecular complexity index is 769. The van der Waals surface area contributed by atoms with E-state index in [1.54, 1.807) is 12.1 Å². The maximum atomic E-state index is 12.9. The predicted octanol–water partition coefficient (Wildman–Crippen LogP) is 3.92. The van der Waals surface area contributed by atoms with Crippen molar-refractivity contribution in [2.24, 2.45) is 5.92 Å². The van der Waals surface area contributed by atoms with E-state index in [0.717, 1.165) is 51.7 Å². The Hall–Kier alpha value is -2.53. The smallest absolute Gasteiger partial charge is 0.317 e. The molecule has 2 aromatic carbocycles. The highest BCUT2D eigenvalue weighted by molar-refractivity contribution is 5.74. The summed E-state index contributed by atoms with van der Waals surface area (Å²) >= 11 is 0. The molecule has 30 heavy (non-hydrogen) atoms. The molecule has 0 spiro atoms. The molecule has 1 unspecified atom stereocenters. The number of nitrogens with one attached hydrogen (secondary N) is 1. The minimum Gasteiger partial charge on any atom is -0.508 e. The average molecular weight is 410 g/mol. The Labute approximate surface area is 180 Å². The molecule has 2 N–H and O–H groups in total. The lowest BCUT2D eigenvalue weighted by Crippen LogP contribution is -2.51. The van der Waals surface area contributed by atoms with Crippen molar-refractivity contribution in [2.75, 3.05) is 33.7 Å². The monoisotopic (exact) mass is 409 g/mol. The van der Waals surface area contributed by atoms with Crippen molar-refractivity contribution >= 4 is 6.03 Å². The van der Waals surface area contributed by atoms with Gasteiger partial charge in [-0.2, -0.15) is 0 Å². The number of likely N-dealkylation sites (tertiary alicyclic amines) is 1. The fourth-order valence-corrected chi connectivity index (χ4v) is 4.22. The molecule has 1 fully saturated rings. The van der Waals surface area contributed by atoms with E-state index in [-0.39, 0.29) is 12.1 Å². The van der Waals surface area contributed by atoms with Crippen molar-refractivity contribution in [3.63, 3.8) is 0 Å². The third kappa shape index (κ3) is 7.06. The number of aromatic hydroxyl groups is 1. The van der Waals surface area contributed by atoms with Crippen LogP contribution in [0.3, 0.4) is 0 Å². The lowest BCUT2D eigenvalue weighted by Gasteiger charge is -2.34. The number of likely N-dealkylation sites (N-methyl/N-ethyl adjacent to an activating group) is 1. The zero-order valence-corrected chi connectivity index (χ0v) is 18.3. The molecule has 5 heteroatoms. The summed E-state index contributed by atoms with van der Waals surface area (Å²) in [4.78, 5) is 17.0. The molecular formula is C25H35N3O2. The molecule has 162 valence electrons. The summed E-state index contributed by atoms with van der Waals surface area (Å²) in [5.41, 5.74) is 2.51. The van der Waals surface area contributed by atoms with Crippen LogP contribution in [0.1, 0.15) is 30.4 Å². The van der Waals surface area contributed by atoms with Gasteiger partial charge in [0.25, 0.3) is 0 Å². The van der Waals surface area contributed by atoms with Gasteiger partial charge in [0.2, 0.25) is 0 Å². The molecule has 1 heterocycles. The lowest BCUT2D eigenvalue weighted by molar-refractivity contribution is 0.162. The molecule has 1 atom stereocenters. The predicted molar refractivity (Wildman–Crippen MR) is 122 cm³/mol. The van der Waals surface area contributed by atoms with E-state index in [2.05, 4.69) is 22.3 Å². The number of carbonyl (C=O) groups is 1. The van der Waals surface area contributed by atoms with Gasteiger partial charge in [0.15, 0.2) is 0 Å². The van der Waals surface area contributed by atoms with Crippen LogP contribution in [0, 0.1) is 5.92 Å². The van der Waals surface area contributed by atoms with E-state index < -0.39 is 0 Å². The number of hydrogen-bond donors (Lipinski definition) is 2. The highest BCUT2D eigenvalue weighted by Crippen LogP contribution is 2.23. The highest BCUT2D eigenvalue weighted by Gasteiger charge is 2.24. The van der Waals surface area contributed by atoms with E-state index in [9.17, 15) is 9.90 Å². The Morgan fingerprint density at radius 1 is 1.07 bits per heavy atom. The number of carbonyl (C=O) groups excluding carboxylic acids is 1. The molecule has 0 aromatic heterocycles. The first-order valence-corrected chi connectivity index (χ1v) is 11.0. The van der Waals surface area contributed by atoms with E-state index >= 15 is 0 Å². The third-order valence-electron chi connectivity index (χ3n) is 5.92. The molecule has 5 nitrogen and oxygen atoms in total. The summed E-state index contributed by atoms with van der Waals surface area (Å²) in [6, 6.07) is 18.0. The molecule has 1 aliphatic heterocycles. The van der Waals surface area contributed by atoms with Crippen LogP contribution in [0.2, 0.25) is 0 Å². The SMILES string of the molecule is CN(C)CC(Cc1ccccc1)NC(=O)N1CCC(CCc2ccc(O)cc2)CC1. The second kappa shape index (κ2) is 11.0. The van der Waals surface area contributed by atoms with Crippen LogP contribution in [0.15, 0.2) is 54.6 Å². The van der Waals surface area contributed by atoms with Gasteiger partial charge >= 0.3 is 6.03 Å². The summed E-state index contributed by atoms with van der Waals surface area (Å²) in [6.45, 7) is 2.47. The number of aryl methyl sites for hydroxylation is 1. The summed E-state index contributed by atoms with van der Waals surface area (Å²) in [6.07, 6.45) is 5.12. The molecule has 0 aliphatic carbocycles. The fraction of sp³-hybridized carbons (Fsp3) is 0.480. The summed E-state index contributed by atoms with van der Waals surface area (Å²) in [7, 11) is 4.09. The van der Waals surface area contributed by atoms with Gasteiger partial charge in [0.1, 0.15) is 5.75 Å². The minimum absolute atomic E-state index is 0.0646. The van der Waals surface area contributed by atoms with Crippen LogP contribution < -0.4 is 5.32 Å². The van der Waals surface area contributed by atoms with Gasteiger partial charge < -0.3 is 20.2 Å². The zero-order valence-electron chi connectivity index (χ0n) is 18.3. The summed E-state index contributed by atoms with van der Waals surface area (Å²) < 4.78 is 0. The van der Waals surface area contributed by atoms with Crippen LogP contribution in [-0.2, 0) is 12.8 Å². The van der Waals surface area contributed by atoms with Gasteiger partial charge in [-0.1, -0.05) is 42.5 Å². The number of phenolic OH excluding ortho intramolecular Hbond substituents is 1. The molecule has 0 bridgehead atoms. The maximum absolute atomic E-state index is 12.9. The van der Waals surface area contributed by atoms with Crippen LogP contribution in [0.25, 0.3) is 0 Å². The van der Waals surface area contributed by atoms with Gasteiger partial charge in [-0.05, 0) is 75.4 Å². The normalized spacial score (nSPS) is 15.9. The van der Waals surface area contributed by atoms with Gasteiger partial charge in [-0.3, -0.25) is 0 Å². The van der Waals surface area contributed by atoms with Crippen LogP contribution in [0.5, 0.6) is 5.75 Å². The van der Waals surface area contributed by atoms with Gasteiger partial charge in [0, 0.05) is 25.7 Å². The van der Waals surface area contributed by atoms with Crippen LogP contribution >= 0.6 is 0 Å². The second-order valence-corrected chi connectivity index (χ2v) is 8.73. The Kier molecular flexibility index (Phi) is 8.14. The topological polar surface area (TPSA) is 55.8 Å². The number of hydrogen-bond acceptors (Lipinski definition) is 3. The zero-order chi connectivity index (χ0) is 21.3. The van der Waals surface area contributed by atoms with Crippen molar-refractivity contribution in [3.8, 4) is 5.75 Å². The number of nitrogens with zero attached hydrogens (tertiary/aromatic N) is 2. The van der Waals surface area contributed by atoms with Crippen molar-refractivity contribution in [3.05, 3.63) is 65.7 Å². The van der Waals surface area contributed by atoms with Crippen molar-refractivity contribution in [1.82, 2.24) is 15.1 Å². The van der Waals surface area contributed by atoms with Gasteiger partial charge in [-0.15, -0.1) is 0 Å². The molecule has 0 radical (unpaired) electrons. The lowest BCUT2D eigenvalue weighted by atomic mass is 9.90. The Morgan fingerprint density at radius 2 is 1.73 bits per heavy atom. The average Bonchev–Trinajstić information content (AvgIpc) is 2.74.